The second-order valence-electron chi connectivity index (χ2n) is 4.14. The molecule has 2 aromatic carbocycles. The molecule has 0 fully saturated rings. The number of benzene rings is 2. The molecule has 19 heavy (non-hydrogen) atoms. The largest absolute Gasteiger partial charge is 0.457 e. The van der Waals surface area contributed by atoms with Crippen molar-refractivity contribution in [3.63, 3.8) is 0 Å². The standard InChI is InChI=1S/C15H13N3O/c16-14-10-17-18-15(14)11-5-4-8-13(9-11)19-12-6-2-1-3-7-12/h1-10H,16H2,(H,17,18). The summed E-state index contributed by atoms with van der Waals surface area (Å²) < 4.78 is 5.78. The Morgan fingerprint density at radius 2 is 1.74 bits per heavy atom. The molecule has 94 valence electrons. The number of nitrogens with two attached hydrogens (primary N) is 1. The van der Waals surface area contributed by atoms with Crippen LogP contribution < -0.4 is 10.5 Å². The molecule has 3 N–H and O–H groups in total. The number of aromatic nitrogens is 2. The fraction of sp³-hybridized carbons (Fsp3) is 0. The number of nitrogen functional groups attached to an aromatic ring is 1. The quantitative estimate of drug-likeness (QED) is 0.749. The zero-order valence-electron chi connectivity index (χ0n) is 10.2. The van der Waals surface area contributed by atoms with Gasteiger partial charge in [-0.25, -0.2) is 0 Å². The predicted octanol–water partition coefficient (Wildman–Crippen LogP) is 3.45. The molecule has 0 saturated heterocycles. The maximum absolute atomic E-state index is 5.84. The van der Waals surface area contributed by atoms with E-state index in [9.17, 15) is 0 Å². The Morgan fingerprint density at radius 1 is 0.947 bits per heavy atom. The summed E-state index contributed by atoms with van der Waals surface area (Å²) in [6.45, 7) is 0. The summed E-state index contributed by atoms with van der Waals surface area (Å²) in [6, 6.07) is 17.4. The van der Waals surface area contributed by atoms with Crippen LogP contribution in [0, 0.1) is 0 Å². The average Bonchev–Trinajstić information content (AvgIpc) is 2.86. The van der Waals surface area contributed by atoms with Crippen molar-refractivity contribution < 1.29 is 4.74 Å². The van der Waals surface area contributed by atoms with Crippen LogP contribution in [0.5, 0.6) is 11.5 Å². The van der Waals surface area contributed by atoms with Crippen LogP contribution in [0.4, 0.5) is 5.69 Å². The SMILES string of the molecule is Nc1cn[nH]c1-c1cccc(Oc2ccccc2)c1. The van der Waals surface area contributed by atoms with Gasteiger partial charge in [-0.1, -0.05) is 30.3 Å². The van der Waals surface area contributed by atoms with Gasteiger partial charge in [0, 0.05) is 5.56 Å². The molecule has 0 aliphatic carbocycles. The van der Waals surface area contributed by atoms with Crippen LogP contribution in [-0.4, -0.2) is 10.2 Å². The molecule has 0 aliphatic rings. The highest BCUT2D eigenvalue weighted by molar-refractivity contribution is 5.72. The molecule has 0 saturated carbocycles. The predicted molar refractivity (Wildman–Crippen MR) is 75.0 cm³/mol. The van der Waals surface area contributed by atoms with Crippen LogP contribution in [-0.2, 0) is 0 Å². The van der Waals surface area contributed by atoms with Crippen molar-refractivity contribution >= 4 is 5.69 Å². The minimum atomic E-state index is 0.622. The van der Waals surface area contributed by atoms with Gasteiger partial charge in [-0.15, -0.1) is 0 Å². The van der Waals surface area contributed by atoms with Crippen molar-refractivity contribution in [1.82, 2.24) is 10.2 Å². The first-order valence-corrected chi connectivity index (χ1v) is 5.95. The molecule has 3 aromatic rings. The molecule has 0 aliphatic heterocycles. The van der Waals surface area contributed by atoms with E-state index in [-0.39, 0.29) is 0 Å². The summed E-state index contributed by atoms with van der Waals surface area (Å²) in [4.78, 5) is 0. The van der Waals surface area contributed by atoms with Gasteiger partial charge in [0.25, 0.3) is 0 Å². The average molecular weight is 251 g/mol. The van der Waals surface area contributed by atoms with Gasteiger partial charge in [0.1, 0.15) is 11.5 Å². The minimum Gasteiger partial charge on any atom is -0.457 e. The lowest BCUT2D eigenvalue weighted by Gasteiger charge is -2.07. The Kier molecular flexibility index (Phi) is 2.90. The molecule has 3 rings (SSSR count). The molecular formula is C15H13N3O. The van der Waals surface area contributed by atoms with Gasteiger partial charge >= 0.3 is 0 Å². The lowest BCUT2D eigenvalue weighted by molar-refractivity contribution is 0.483. The molecule has 0 spiro atoms. The van der Waals surface area contributed by atoms with E-state index < -0.39 is 0 Å². The van der Waals surface area contributed by atoms with Crippen LogP contribution in [0.15, 0.2) is 60.8 Å². The van der Waals surface area contributed by atoms with Crippen molar-refractivity contribution in [2.24, 2.45) is 0 Å². The number of rotatable bonds is 3. The van der Waals surface area contributed by atoms with Crippen LogP contribution in [0.1, 0.15) is 0 Å². The number of hydrogen-bond donors (Lipinski definition) is 2. The van der Waals surface area contributed by atoms with E-state index in [1.54, 1.807) is 6.20 Å². The third-order valence-electron chi connectivity index (χ3n) is 2.77. The number of ether oxygens (including phenoxy) is 1. The highest BCUT2D eigenvalue weighted by atomic mass is 16.5. The molecule has 0 atom stereocenters. The van der Waals surface area contributed by atoms with Crippen LogP contribution in [0.2, 0.25) is 0 Å². The minimum absolute atomic E-state index is 0.622. The maximum atomic E-state index is 5.84. The van der Waals surface area contributed by atoms with Gasteiger partial charge < -0.3 is 10.5 Å². The second kappa shape index (κ2) is 4.86. The number of nitrogens with zero attached hydrogens (tertiary/aromatic N) is 1. The van der Waals surface area contributed by atoms with E-state index in [4.69, 9.17) is 10.5 Å². The van der Waals surface area contributed by atoms with Crippen molar-refractivity contribution in [2.45, 2.75) is 0 Å². The van der Waals surface area contributed by atoms with E-state index in [0.29, 0.717) is 5.69 Å². The fourth-order valence-electron chi connectivity index (χ4n) is 1.87. The molecule has 0 radical (unpaired) electrons. The van der Waals surface area contributed by atoms with Crippen molar-refractivity contribution in [3.8, 4) is 22.8 Å². The number of para-hydroxylation sites is 1. The summed E-state index contributed by atoms with van der Waals surface area (Å²) in [6.07, 6.45) is 1.60. The summed E-state index contributed by atoms with van der Waals surface area (Å²) in [5.41, 5.74) is 8.21. The Labute approximate surface area is 110 Å². The highest BCUT2D eigenvalue weighted by Crippen LogP contribution is 2.28. The van der Waals surface area contributed by atoms with Gasteiger partial charge in [0.15, 0.2) is 0 Å². The van der Waals surface area contributed by atoms with Crippen LogP contribution in [0.3, 0.4) is 0 Å². The highest BCUT2D eigenvalue weighted by Gasteiger charge is 2.06. The third kappa shape index (κ3) is 2.42. The monoisotopic (exact) mass is 251 g/mol. The smallest absolute Gasteiger partial charge is 0.128 e. The van der Waals surface area contributed by atoms with Gasteiger partial charge in [-0.2, -0.15) is 5.10 Å². The normalized spacial score (nSPS) is 10.3. The molecule has 0 unspecified atom stereocenters. The molecular weight excluding hydrogens is 238 g/mol. The Balaban J connectivity index is 1.91. The van der Waals surface area contributed by atoms with Gasteiger partial charge in [0.2, 0.25) is 0 Å². The Bertz CT molecular complexity index is 677. The second-order valence-corrected chi connectivity index (χ2v) is 4.14. The van der Waals surface area contributed by atoms with Gasteiger partial charge in [-0.3, -0.25) is 5.10 Å². The molecule has 0 amide bonds. The Hall–Kier alpha value is -2.75. The van der Waals surface area contributed by atoms with Crippen molar-refractivity contribution in [2.75, 3.05) is 5.73 Å². The number of aromatic amines is 1. The first kappa shape index (κ1) is 11.3. The molecule has 4 heteroatoms. The fourth-order valence-corrected chi connectivity index (χ4v) is 1.87. The van der Waals surface area contributed by atoms with E-state index >= 15 is 0 Å². The molecule has 0 bridgehead atoms. The zero-order chi connectivity index (χ0) is 13.1. The number of hydrogen-bond acceptors (Lipinski definition) is 3. The zero-order valence-corrected chi connectivity index (χ0v) is 10.2. The summed E-state index contributed by atoms with van der Waals surface area (Å²) in [7, 11) is 0. The lowest BCUT2D eigenvalue weighted by Crippen LogP contribution is -1.88. The molecule has 4 nitrogen and oxygen atoms in total. The van der Waals surface area contributed by atoms with E-state index in [1.807, 2.05) is 54.6 Å². The Morgan fingerprint density at radius 3 is 2.47 bits per heavy atom. The molecule has 1 aromatic heterocycles. The first-order valence-electron chi connectivity index (χ1n) is 5.95. The number of H-pyrrole nitrogens is 1. The van der Waals surface area contributed by atoms with Crippen LogP contribution >= 0.6 is 0 Å². The first-order chi connectivity index (χ1) is 9.33. The molecule has 1 heterocycles. The maximum Gasteiger partial charge on any atom is 0.128 e. The van der Waals surface area contributed by atoms with Crippen LogP contribution in [0.25, 0.3) is 11.3 Å². The van der Waals surface area contributed by atoms with E-state index in [2.05, 4.69) is 10.2 Å². The summed E-state index contributed by atoms with van der Waals surface area (Å²) >= 11 is 0. The number of anilines is 1. The number of nitrogens with one attached hydrogen (secondary N) is 1. The summed E-state index contributed by atoms with van der Waals surface area (Å²) in [5, 5.41) is 6.80. The lowest BCUT2D eigenvalue weighted by atomic mass is 10.1. The van der Waals surface area contributed by atoms with E-state index in [1.165, 1.54) is 0 Å². The third-order valence-corrected chi connectivity index (χ3v) is 2.77. The van der Waals surface area contributed by atoms with Gasteiger partial charge in [-0.05, 0) is 24.3 Å². The summed E-state index contributed by atoms with van der Waals surface area (Å²) in [5.74, 6) is 1.56. The van der Waals surface area contributed by atoms with E-state index in [0.717, 1.165) is 22.8 Å². The van der Waals surface area contributed by atoms with Gasteiger partial charge in [0.05, 0.1) is 17.6 Å². The van der Waals surface area contributed by atoms with Crippen molar-refractivity contribution in [3.05, 3.63) is 60.8 Å². The van der Waals surface area contributed by atoms with Crippen molar-refractivity contribution in [1.29, 1.82) is 0 Å². The topological polar surface area (TPSA) is 63.9 Å².